The Morgan fingerprint density at radius 2 is 1.96 bits per heavy atom. The molecular formula is C21H22N4O. The monoisotopic (exact) mass is 346 g/mol. The Hall–Kier alpha value is -2.87. The van der Waals surface area contributed by atoms with Gasteiger partial charge in [-0.2, -0.15) is 10.4 Å². The summed E-state index contributed by atoms with van der Waals surface area (Å²) in [5.41, 5.74) is 6.17. The molecule has 5 heteroatoms. The highest BCUT2D eigenvalue weighted by molar-refractivity contribution is 5.68. The molecular weight excluding hydrogens is 324 g/mol. The van der Waals surface area contributed by atoms with Crippen molar-refractivity contribution in [2.75, 3.05) is 0 Å². The summed E-state index contributed by atoms with van der Waals surface area (Å²) in [6.45, 7) is 3.99. The number of nitrogens with zero attached hydrogens (tertiary/aromatic N) is 3. The maximum Gasteiger partial charge on any atom is 0.251 e. The standard InChI is InChI=1S/C21H22N4O/c1-13-10-15(12-22)8-9-17(13)18-11-19(26)23-21-20(14(2)24-25(18)21)16-6-4-3-5-7-16/h8-11,16H,3-7H2,1-2H3,(H,23,26). The van der Waals surface area contributed by atoms with Crippen LogP contribution in [0, 0.1) is 25.2 Å². The number of hydrogen-bond acceptors (Lipinski definition) is 3. The number of hydrogen-bond donors (Lipinski definition) is 1. The number of rotatable bonds is 2. The van der Waals surface area contributed by atoms with E-state index in [0.717, 1.165) is 41.0 Å². The maximum absolute atomic E-state index is 12.4. The van der Waals surface area contributed by atoms with Crippen LogP contribution in [0.3, 0.4) is 0 Å². The number of aryl methyl sites for hydroxylation is 2. The van der Waals surface area contributed by atoms with E-state index in [9.17, 15) is 4.79 Å². The summed E-state index contributed by atoms with van der Waals surface area (Å²) in [6.07, 6.45) is 6.08. The second kappa shape index (κ2) is 6.45. The van der Waals surface area contributed by atoms with Gasteiger partial charge in [-0.05, 0) is 50.3 Å². The molecule has 3 aromatic rings. The fourth-order valence-corrected chi connectivity index (χ4v) is 4.26. The van der Waals surface area contributed by atoms with Gasteiger partial charge in [0.15, 0.2) is 0 Å². The van der Waals surface area contributed by atoms with E-state index < -0.39 is 0 Å². The first-order valence-electron chi connectivity index (χ1n) is 9.22. The third kappa shape index (κ3) is 2.72. The van der Waals surface area contributed by atoms with E-state index >= 15 is 0 Å². The third-order valence-corrected chi connectivity index (χ3v) is 5.49. The molecule has 1 aliphatic carbocycles. The van der Waals surface area contributed by atoms with Gasteiger partial charge in [-0.3, -0.25) is 4.79 Å². The summed E-state index contributed by atoms with van der Waals surface area (Å²) in [6, 6.07) is 9.29. The molecule has 1 fully saturated rings. The van der Waals surface area contributed by atoms with Gasteiger partial charge in [-0.1, -0.05) is 25.3 Å². The Labute approximate surface area is 152 Å². The summed E-state index contributed by atoms with van der Waals surface area (Å²) >= 11 is 0. The van der Waals surface area contributed by atoms with E-state index in [4.69, 9.17) is 10.4 Å². The van der Waals surface area contributed by atoms with Gasteiger partial charge in [0.05, 0.1) is 23.0 Å². The average Bonchev–Trinajstić information content (AvgIpc) is 2.97. The van der Waals surface area contributed by atoms with Gasteiger partial charge in [0.1, 0.15) is 5.65 Å². The first kappa shape index (κ1) is 16.6. The highest BCUT2D eigenvalue weighted by Gasteiger charge is 2.24. The van der Waals surface area contributed by atoms with Crippen LogP contribution in [0.2, 0.25) is 0 Å². The van der Waals surface area contributed by atoms with Crippen molar-refractivity contribution in [3.8, 4) is 17.3 Å². The average molecular weight is 346 g/mol. The summed E-state index contributed by atoms with van der Waals surface area (Å²) in [4.78, 5) is 15.4. The number of nitriles is 1. The minimum Gasteiger partial charge on any atom is -0.307 e. The van der Waals surface area contributed by atoms with Crippen molar-refractivity contribution in [3.05, 3.63) is 57.0 Å². The second-order valence-corrected chi connectivity index (χ2v) is 7.25. The molecule has 26 heavy (non-hydrogen) atoms. The van der Waals surface area contributed by atoms with Crippen molar-refractivity contribution in [1.82, 2.24) is 14.6 Å². The van der Waals surface area contributed by atoms with Crippen molar-refractivity contribution in [1.29, 1.82) is 5.26 Å². The Morgan fingerprint density at radius 1 is 1.19 bits per heavy atom. The van der Waals surface area contributed by atoms with E-state index in [2.05, 4.69) is 11.1 Å². The Balaban J connectivity index is 1.95. The molecule has 5 nitrogen and oxygen atoms in total. The SMILES string of the molecule is Cc1cc(C#N)ccc1-c1cc(=O)[nH]c2c(C3CCCCC3)c(C)nn12. The quantitative estimate of drug-likeness (QED) is 0.755. The van der Waals surface area contributed by atoms with E-state index in [1.807, 2.05) is 30.5 Å². The van der Waals surface area contributed by atoms with Crippen molar-refractivity contribution in [3.63, 3.8) is 0 Å². The highest BCUT2D eigenvalue weighted by atomic mass is 16.1. The van der Waals surface area contributed by atoms with Crippen molar-refractivity contribution >= 4 is 5.65 Å². The van der Waals surface area contributed by atoms with Crippen LogP contribution in [0.25, 0.3) is 16.9 Å². The number of nitrogens with one attached hydrogen (secondary N) is 1. The molecule has 0 amide bonds. The van der Waals surface area contributed by atoms with Crippen molar-refractivity contribution < 1.29 is 0 Å². The smallest absolute Gasteiger partial charge is 0.251 e. The molecule has 0 spiro atoms. The van der Waals surface area contributed by atoms with E-state index in [-0.39, 0.29) is 5.56 Å². The summed E-state index contributed by atoms with van der Waals surface area (Å²) in [5, 5.41) is 13.9. The number of benzene rings is 1. The normalized spacial score (nSPS) is 15.3. The predicted octanol–water partition coefficient (Wildman–Crippen LogP) is 4.23. The third-order valence-electron chi connectivity index (χ3n) is 5.49. The van der Waals surface area contributed by atoms with Crippen LogP contribution in [0.5, 0.6) is 0 Å². The molecule has 1 N–H and O–H groups in total. The first-order chi connectivity index (χ1) is 12.6. The van der Waals surface area contributed by atoms with Gasteiger partial charge in [0, 0.05) is 17.2 Å². The van der Waals surface area contributed by atoms with E-state index in [1.165, 1.54) is 24.8 Å². The maximum atomic E-state index is 12.4. The lowest BCUT2D eigenvalue weighted by Crippen LogP contribution is -2.12. The van der Waals surface area contributed by atoms with Crippen LogP contribution >= 0.6 is 0 Å². The predicted molar refractivity (Wildman–Crippen MR) is 101 cm³/mol. The largest absolute Gasteiger partial charge is 0.307 e. The number of aromatic amines is 1. The second-order valence-electron chi connectivity index (χ2n) is 7.25. The molecule has 2 aromatic heterocycles. The molecule has 1 aromatic carbocycles. The van der Waals surface area contributed by atoms with Gasteiger partial charge in [-0.15, -0.1) is 0 Å². The zero-order valence-electron chi connectivity index (χ0n) is 15.2. The number of fused-ring (bicyclic) bond motifs is 1. The fraction of sp³-hybridized carbons (Fsp3) is 0.381. The molecule has 0 aliphatic heterocycles. The first-order valence-corrected chi connectivity index (χ1v) is 9.22. The zero-order chi connectivity index (χ0) is 18.3. The zero-order valence-corrected chi connectivity index (χ0v) is 15.2. The lowest BCUT2D eigenvalue weighted by molar-refractivity contribution is 0.444. The topological polar surface area (TPSA) is 73.9 Å². The minimum atomic E-state index is -0.117. The van der Waals surface area contributed by atoms with Crippen LogP contribution < -0.4 is 5.56 Å². The molecule has 1 saturated carbocycles. The number of aromatic nitrogens is 3. The Kier molecular flexibility index (Phi) is 4.12. The van der Waals surface area contributed by atoms with Crippen LogP contribution in [0.4, 0.5) is 0 Å². The Morgan fingerprint density at radius 3 is 2.65 bits per heavy atom. The Bertz CT molecular complexity index is 1080. The molecule has 132 valence electrons. The lowest BCUT2D eigenvalue weighted by atomic mass is 9.84. The molecule has 0 unspecified atom stereocenters. The van der Waals surface area contributed by atoms with Gasteiger partial charge < -0.3 is 4.98 Å². The fourth-order valence-electron chi connectivity index (χ4n) is 4.26. The molecule has 1 aliphatic rings. The van der Waals surface area contributed by atoms with Gasteiger partial charge in [0.25, 0.3) is 5.56 Å². The van der Waals surface area contributed by atoms with E-state index in [0.29, 0.717) is 11.5 Å². The highest BCUT2D eigenvalue weighted by Crippen LogP contribution is 2.36. The minimum absolute atomic E-state index is 0.117. The molecule has 4 rings (SSSR count). The van der Waals surface area contributed by atoms with Crippen LogP contribution in [-0.4, -0.2) is 14.6 Å². The summed E-state index contributed by atoms with van der Waals surface area (Å²) in [5.74, 6) is 0.467. The summed E-state index contributed by atoms with van der Waals surface area (Å²) in [7, 11) is 0. The summed E-state index contributed by atoms with van der Waals surface area (Å²) < 4.78 is 1.87. The van der Waals surface area contributed by atoms with Crippen LogP contribution in [0.15, 0.2) is 29.1 Å². The van der Waals surface area contributed by atoms with Crippen LogP contribution in [-0.2, 0) is 0 Å². The molecule has 0 atom stereocenters. The lowest BCUT2D eigenvalue weighted by Gasteiger charge is -2.21. The van der Waals surface area contributed by atoms with Gasteiger partial charge in [-0.25, -0.2) is 4.52 Å². The van der Waals surface area contributed by atoms with Crippen molar-refractivity contribution in [2.24, 2.45) is 0 Å². The molecule has 0 radical (unpaired) electrons. The van der Waals surface area contributed by atoms with Crippen LogP contribution in [0.1, 0.15) is 60.4 Å². The van der Waals surface area contributed by atoms with Gasteiger partial charge in [0.2, 0.25) is 0 Å². The van der Waals surface area contributed by atoms with Crippen molar-refractivity contribution in [2.45, 2.75) is 51.9 Å². The van der Waals surface area contributed by atoms with E-state index in [1.54, 1.807) is 12.1 Å². The molecule has 2 heterocycles. The van der Waals surface area contributed by atoms with Gasteiger partial charge >= 0.3 is 0 Å². The molecule has 0 bridgehead atoms. The number of H-pyrrole nitrogens is 1. The molecule has 0 saturated heterocycles.